The summed E-state index contributed by atoms with van der Waals surface area (Å²) >= 11 is 0. The highest BCUT2D eigenvalue weighted by Gasteiger charge is 2.28. The summed E-state index contributed by atoms with van der Waals surface area (Å²) in [6.07, 6.45) is 4.04. The number of benzene rings is 1. The fourth-order valence-electron chi connectivity index (χ4n) is 3.16. The number of ether oxygens (including phenoxy) is 1. The van der Waals surface area contributed by atoms with Crippen molar-refractivity contribution in [3.63, 3.8) is 0 Å². The van der Waals surface area contributed by atoms with Crippen LogP contribution in [0.15, 0.2) is 24.3 Å². The van der Waals surface area contributed by atoms with Gasteiger partial charge in [0.2, 0.25) is 5.91 Å². The molecule has 132 valence electrons. The Bertz CT molecular complexity index is 732. The van der Waals surface area contributed by atoms with Crippen LogP contribution >= 0.6 is 0 Å². The number of hydrogen-bond donors (Lipinski definition) is 3. The second kappa shape index (κ2) is 6.93. The quantitative estimate of drug-likeness (QED) is 0.772. The Morgan fingerprint density at radius 1 is 1.20 bits per heavy atom. The van der Waals surface area contributed by atoms with Gasteiger partial charge in [0.05, 0.1) is 6.04 Å². The molecule has 1 amide bonds. The first kappa shape index (κ1) is 16.2. The number of H-pyrrole nitrogens is 1. The summed E-state index contributed by atoms with van der Waals surface area (Å²) in [4.78, 5) is 16.9. The van der Waals surface area contributed by atoms with Crippen LogP contribution in [0.25, 0.3) is 11.4 Å². The van der Waals surface area contributed by atoms with E-state index in [0.29, 0.717) is 25.0 Å². The van der Waals surface area contributed by atoms with Gasteiger partial charge < -0.3 is 15.8 Å². The summed E-state index contributed by atoms with van der Waals surface area (Å²) in [7, 11) is 0. The van der Waals surface area contributed by atoms with E-state index in [1.165, 1.54) is 12.8 Å². The number of carbonyl (C=O) groups excluding carboxylic acids is 1. The molecule has 25 heavy (non-hydrogen) atoms. The van der Waals surface area contributed by atoms with E-state index in [1.807, 2.05) is 24.3 Å². The minimum absolute atomic E-state index is 0.145. The minimum atomic E-state index is -0.502. The van der Waals surface area contributed by atoms with E-state index in [1.54, 1.807) is 0 Å². The maximum absolute atomic E-state index is 12.3. The molecule has 7 heteroatoms. The smallest absolute Gasteiger partial charge is 0.241 e. The lowest BCUT2D eigenvalue weighted by Gasteiger charge is -2.26. The minimum Gasteiger partial charge on any atom is -0.381 e. The molecule has 1 aromatic carbocycles. The predicted octanol–water partition coefficient (Wildman–Crippen LogP) is 2.04. The Hall–Kier alpha value is -2.25. The highest BCUT2D eigenvalue weighted by Crippen LogP contribution is 2.38. The zero-order chi connectivity index (χ0) is 17.2. The van der Waals surface area contributed by atoms with Crippen molar-refractivity contribution < 1.29 is 9.53 Å². The number of anilines is 1. The molecular formula is C18H23N5O2. The first-order chi connectivity index (χ1) is 12.2. The van der Waals surface area contributed by atoms with E-state index in [0.717, 1.165) is 29.9 Å². The third-order valence-electron chi connectivity index (χ3n) is 4.95. The summed E-state index contributed by atoms with van der Waals surface area (Å²) in [5.41, 5.74) is 7.76. The molecule has 1 unspecified atom stereocenters. The lowest BCUT2D eigenvalue weighted by Crippen LogP contribution is -2.43. The normalized spacial score (nSPS) is 19.6. The van der Waals surface area contributed by atoms with Crippen molar-refractivity contribution in [3.05, 3.63) is 30.1 Å². The van der Waals surface area contributed by atoms with Crippen LogP contribution in [0, 0.1) is 5.92 Å². The molecule has 0 bridgehead atoms. The number of aromatic amines is 1. The summed E-state index contributed by atoms with van der Waals surface area (Å²) in [5, 5.41) is 10.2. The fraction of sp³-hybridized carbons (Fsp3) is 0.500. The van der Waals surface area contributed by atoms with Crippen LogP contribution in [0.1, 0.15) is 37.4 Å². The zero-order valence-electron chi connectivity index (χ0n) is 14.1. The number of hydrogen-bond acceptors (Lipinski definition) is 5. The van der Waals surface area contributed by atoms with E-state index < -0.39 is 6.04 Å². The summed E-state index contributed by atoms with van der Waals surface area (Å²) in [5.74, 6) is 2.25. The van der Waals surface area contributed by atoms with E-state index in [9.17, 15) is 4.79 Å². The van der Waals surface area contributed by atoms with Crippen LogP contribution < -0.4 is 11.1 Å². The van der Waals surface area contributed by atoms with Crippen LogP contribution in [0.2, 0.25) is 0 Å². The molecular weight excluding hydrogens is 318 g/mol. The van der Waals surface area contributed by atoms with Crippen molar-refractivity contribution in [1.82, 2.24) is 15.2 Å². The van der Waals surface area contributed by atoms with Gasteiger partial charge in [-0.1, -0.05) is 0 Å². The molecule has 1 aliphatic heterocycles. The number of rotatable bonds is 5. The summed E-state index contributed by atoms with van der Waals surface area (Å²) < 4.78 is 5.32. The number of carbonyl (C=O) groups is 1. The second-order valence-electron chi connectivity index (χ2n) is 6.86. The first-order valence-corrected chi connectivity index (χ1v) is 8.87. The Morgan fingerprint density at radius 2 is 1.92 bits per heavy atom. The van der Waals surface area contributed by atoms with Gasteiger partial charge in [0.15, 0.2) is 5.82 Å². The van der Waals surface area contributed by atoms with Gasteiger partial charge in [0.25, 0.3) is 0 Å². The van der Waals surface area contributed by atoms with Crippen molar-refractivity contribution in [3.8, 4) is 11.4 Å². The Morgan fingerprint density at radius 3 is 2.60 bits per heavy atom. The van der Waals surface area contributed by atoms with Crippen molar-refractivity contribution >= 4 is 11.6 Å². The molecule has 0 spiro atoms. The largest absolute Gasteiger partial charge is 0.381 e. The van der Waals surface area contributed by atoms with Crippen molar-refractivity contribution in [2.45, 2.75) is 37.6 Å². The molecule has 2 heterocycles. The maximum Gasteiger partial charge on any atom is 0.241 e. The van der Waals surface area contributed by atoms with Crippen molar-refractivity contribution in [1.29, 1.82) is 0 Å². The van der Waals surface area contributed by atoms with Crippen molar-refractivity contribution in [2.24, 2.45) is 11.7 Å². The Labute approximate surface area is 146 Å². The van der Waals surface area contributed by atoms with E-state index in [-0.39, 0.29) is 11.8 Å². The number of nitrogens with two attached hydrogens (primary N) is 1. The summed E-state index contributed by atoms with van der Waals surface area (Å²) in [6, 6.07) is 7.04. The lowest BCUT2D eigenvalue weighted by molar-refractivity contribution is -0.119. The topological polar surface area (TPSA) is 106 Å². The average Bonchev–Trinajstić information content (AvgIpc) is 3.39. The number of aromatic nitrogens is 3. The van der Waals surface area contributed by atoms with Gasteiger partial charge >= 0.3 is 0 Å². The van der Waals surface area contributed by atoms with Gasteiger partial charge in [0.1, 0.15) is 5.82 Å². The molecule has 1 aliphatic carbocycles. The van der Waals surface area contributed by atoms with E-state index in [4.69, 9.17) is 10.5 Å². The van der Waals surface area contributed by atoms with E-state index >= 15 is 0 Å². The molecule has 7 nitrogen and oxygen atoms in total. The van der Waals surface area contributed by atoms with Crippen LogP contribution in [0.5, 0.6) is 0 Å². The number of amides is 1. The molecule has 1 saturated carbocycles. The molecule has 1 atom stereocenters. The third-order valence-corrected chi connectivity index (χ3v) is 4.95. The monoisotopic (exact) mass is 341 g/mol. The van der Waals surface area contributed by atoms with E-state index in [2.05, 4.69) is 20.5 Å². The number of nitrogens with one attached hydrogen (secondary N) is 2. The van der Waals surface area contributed by atoms with Crippen LogP contribution in [-0.2, 0) is 9.53 Å². The molecule has 2 aliphatic rings. The van der Waals surface area contributed by atoms with Gasteiger partial charge in [-0.3, -0.25) is 9.89 Å². The van der Waals surface area contributed by atoms with Crippen LogP contribution in [-0.4, -0.2) is 40.3 Å². The molecule has 4 N–H and O–H groups in total. The molecule has 0 radical (unpaired) electrons. The van der Waals surface area contributed by atoms with Gasteiger partial charge in [-0.15, -0.1) is 0 Å². The third kappa shape index (κ3) is 3.72. The highest BCUT2D eigenvalue weighted by molar-refractivity contribution is 5.95. The van der Waals surface area contributed by atoms with Gasteiger partial charge in [-0.2, -0.15) is 5.10 Å². The fourth-order valence-corrected chi connectivity index (χ4v) is 3.16. The van der Waals surface area contributed by atoms with Gasteiger partial charge in [-0.25, -0.2) is 4.98 Å². The average molecular weight is 341 g/mol. The van der Waals surface area contributed by atoms with Crippen LogP contribution in [0.4, 0.5) is 5.69 Å². The molecule has 2 fully saturated rings. The van der Waals surface area contributed by atoms with Gasteiger partial charge in [-0.05, 0) is 55.9 Å². The predicted molar refractivity (Wildman–Crippen MR) is 93.9 cm³/mol. The standard InChI is InChI=1S/C18H23N5O2/c19-15(11-7-9-25-10-8-11)18(24)20-14-5-3-13(4-6-14)17-21-16(22-23-17)12-1-2-12/h3-6,11-12,15H,1-2,7-10,19H2,(H,20,24)(H,21,22,23). The van der Waals surface area contributed by atoms with Gasteiger partial charge in [0, 0.05) is 30.4 Å². The first-order valence-electron chi connectivity index (χ1n) is 8.87. The molecule has 1 aromatic heterocycles. The molecule has 2 aromatic rings. The lowest BCUT2D eigenvalue weighted by atomic mass is 9.92. The maximum atomic E-state index is 12.3. The Balaban J connectivity index is 1.38. The summed E-state index contributed by atoms with van der Waals surface area (Å²) in [6.45, 7) is 1.36. The van der Waals surface area contributed by atoms with Crippen molar-refractivity contribution in [2.75, 3.05) is 18.5 Å². The highest BCUT2D eigenvalue weighted by atomic mass is 16.5. The van der Waals surface area contributed by atoms with Crippen LogP contribution in [0.3, 0.4) is 0 Å². The zero-order valence-corrected chi connectivity index (χ0v) is 14.1. The Kier molecular flexibility index (Phi) is 4.50. The molecule has 4 rings (SSSR count). The second-order valence-corrected chi connectivity index (χ2v) is 6.86. The molecule has 1 saturated heterocycles. The SMILES string of the molecule is NC(C(=O)Nc1ccc(-c2n[nH]c(C3CC3)n2)cc1)C1CCOCC1. The number of nitrogens with zero attached hydrogens (tertiary/aromatic N) is 2.